The van der Waals surface area contributed by atoms with Gasteiger partial charge in [0.25, 0.3) is 0 Å². The summed E-state index contributed by atoms with van der Waals surface area (Å²) in [5.41, 5.74) is -4.14. The lowest BCUT2D eigenvalue weighted by molar-refractivity contribution is -0.0429. The summed E-state index contributed by atoms with van der Waals surface area (Å²) in [4.78, 5) is 6.03. The van der Waals surface area contributed by atoms with Crippen LogP contribution in [-0.2, 0) is 16.4 Å². The molecule has 1 aromatic heterocycles. The van der Waals surface area contributed by atoms with Gasteiger partial charge < -0.3 is 4.90 Å². The van der Waals surface area contributed by atoms with Crippen molar-refractivity contribution in [1.82, 2.24) is 4.98 Å². The number of rotatable bonds is 6. The largest absolute Gasteiger partial charge is 0.516 e. The van der Waals surface area contributed by atoms with Crippen molar-refractivity contribution in [3.8, 4) is 0 Å². The summed E-state index contributed by atoms with van der Waals surface area (Å²) < 4.78 is 64.0. The Labute approximate surface area is 173 Å². The fraction of sp³-hybridized carbons (Fsp3) is 0.421. The number of nitrogens with one attached hydrogen (secondary N) is 1. The topological polar surface area (TPSA) is 87.0 Å². The van der Waals surface area contributed by atoms with E-state index in [-0.39, 0.29) is 17.2 Å². The molecule has 1 aliphatic rings. The Morgan fingerprint density at radius 2 is 2.00 bits per heavy atom. The number of aromatic nitrogens is 1. The fourth-order valence-electron chi connectivity index (χ4n) is 3.21. The van der Waals surface area contributed by atoms with Crippen molar-refractivity contribution in [2.45, 2.75) is 32.2 Å². The van der Waals surface area contributed by atoms with Gasteiger partial charge in [-0.15, -0.1) is 10.2 Å². The van der Waals surface area contributed by atoms with Crippen LogP contribution in [-0.4, -0.2) is 32.0 Å². The van der Waals surface area contributed by atoms with Crippen LogP contribution < -0.4 is 9.62 Å². The Balaban J connectivity index is 2.07. The van der Waals surface area contributed by atoms with Crippen LogP contribution in [0.25, 0.3) is 0 Å². The molecule has 1 N–H and O–H groups in total. The highest BCUT2D eigenvalue weighted by atomic mass is 32.2. The van der Waals surface area contributed by atoms with Gasteiger partial charge in [-0.25, -0.2) is 4.98 Å². The van der Waals surface area contributed by atoms with Crippen LogP contribution in [0.15, 0.2) is 46.8 Å². The van der Waals surface area contributed by atoms with Crippen molar-refractivity contribution < 1.29 is 21.6 Å². The number of halogens is 3. The maximum atomic E-state index is 13.0. The van der Waals surface area contributed by atoms with Crippen molar-refractivity contribution >= 4 is 32.9 Å². The van der Waals surface area contributed by atoms with Gasteiger partial charge in [0, 0.05) is 25.0 Å². The van der Waals surface area contributed by atoms with E-state index in [9.17, 15) is 21.6 Å². The number of anilines is 2. The molecule has 30 heavy (non-hydrogen) atoms. The Morgan fingerprint density at radius 3 is 2.63 bits per heavy atom. The highest BCUT2D eigenvalue weighted by molar-refractivity contribution is 7.93. The highest BCUT2D eigenvalue weighted by Gasteiger charge is 2.46. The Morgan fingerprint density at radius 1 is 1.23 bits per heavy atom. The van der Waals surface area contributed by atoms with E-state index >= 15 is 0 Å². The average Bonchev–Trinajstić information content (AvgIpc) is 2.66. The smallest absolute Gasteiger partial charge is 0.371 e. The molecule has 1 aliphatic heterocycles. The molecule has 11 heteroatoms. The van der Waals surface area contributed by atoms with E-state index in [1.807, 2.05) is 13.8 Å². The molecule has 7 nitrogen and oxygen atoms in total. The standard InChI is InChI=1S/C19H22F3N5O2S/c1-13(2)12-27-9-5-6-14-10-15(24-25-18-7-3-4-8-23-18)16(11-17(14)27)26-30(28,29)19(20,21)22/h3-4,7-8,10-11,13,26H,5-6,9,12H2,1-2H3. The number of nitrogens with zero attached hydrogens (tertiary/aromatic N) is 4. The molecule has 0 spiro atoms. The second kappa shape index (κ2) is 8.58. The first-order chi connectivity index (χ1) is 14.1. The molecule has 0 atom stereocenters. The fourth-order valence-corrected chi connectivity index (χ4v) is 3.78. The van der Waals surface area contributed by atoms with Crippen LogP contribution >= 0.6 is 0 Å². The number of azo groups is 1. The number of benzene rings is 1. The second-order valence-electron chi connectivity index (χ2n) is 7.38. The van der Waals surface area contributed by atoms with Crippen LogP contribution in [0.4, 0.5) is 36.1 Å². The summed E-state index contributed by atoms with van der Waals surface area (Å²) >= 11 is 0. The van der Waals surface area contributed by atoms with E-state index in [2.05, 4.69) is 20.1 Å². The Bertz CT molecular complexity index is 1020. The van der Waals surface area contributed by atoms with Gasteiger partial charge in [-0.05, 0) is 48.6 Å². The zero-order chi connectivity index (χ0) is 21.9. The molecule has 1 aromatic carbocycles. The number of hydrogen-bond acceptors (Lipinski definition) is 6. The summed E-state index contributed by atoms with van der Waals surface area (Å²) in [6.07, 6.45) is 3.09. The summed E-state index contributed by atoms with van der Waals surface area (Å²) in [5.74, 6) is 0.580. The van der Waals surface area contributed by atoms with Crippen LogP contribution in [0.1, 0.15) is 25.8 Å². The molecule has 0 fully saturated rings. The van der Waals surface area contributed by atoms with Gasteiger partial charge in [-0.3, -0.25) is 4.72 Å². The van der Waals surface area contributed by atoms with Gasteiger partial charge in [0.15, 0.2) is 5.82 Å². The first-order valence-corrected chi connectivity index (χ1v) is 10.9. The maximum Gasteiger partial charge on any atom is 0.516 e. The van der Waals surface area contributed by atoms with Crippen molar-refractivity contribution in [3.05, 3.63) is 42.1 Å². The molecule has 0 bridgehead atoms. The number of pyridine rings is 1. The van der Waals surface area contributed by atoms with E-state index in [1.54, 1.807) is 29.0 Å². The second-order valence-corrected chi connectivity index (χ2v) is 9.05. The minimum atomic E-state index is -5.61. The zero-order valence-corrected chi connectivity index (χ0v) is 17.3. The molecule has 2 heterocycles. The Kier molecular flexibility index (Phi) is 6.30. The van der Waals surface area contributed by atoms with E-state index in [0.717, 1.165) is 18.5 Å². The third-order valence-corrected chi connectivity index (χ3v) is 5.55. The quantitative estimate of drug-likeness (QED) is 0.627. The van der Waals surface area contributed by atoms with E-state index < -0.39 is 15.5 Å². The number of alkyl halides is 3. The third kappa shape index (κ3) is 5.07. The lowest BCUT2D eigenvalue weighted by Crippen LogP contribution is -2.33. The minimum absolute atomic E-state index is 0.00127. The van der Waals surface area contributed by atoms with E-state index in [4.69, 9.17) is 0 Å². The molecule has 0 amide bonds. The first kappa shape index (κ1) is 22.0. The molecule has 0 saturated carbocycles. The molecular weight excluding hydrogens is 419 g/mol. The summed E-state index contributed by atoms with van der Waals surface area (Å²) in [7, 11) is -5.61. The van der Waals surface area contributed by atoms with Crippen LogP contribution in [0.3, 0.4) is 0 Å². The minimum Gasteiger partial charge on any atom is -0.371 e. The summed E-state index contributed by atoms with van der Waals surface area (Å²) in [5, 5.41) is 7.92. The molecule has 0 saturated heterocycles. The summed E-state index contributed by atoms with van der Waals surface area (Å²) in [6, 6.07) is 7.94. The number of sulfonamides is 1. The SMILES string of the molecule is CC(C)CN1CCCc2cc(N=Nc3ccccn3)c(NS(=O)(=O)C(F)(F)F)cc21. The van der Waals surface area contributed by atoms with Gasteiger partial charge in [-0.2, -0.15) is 21.6 Å². The maximum absolute atomic E-state index is 13.0. The predicted molar refractivity (Wildman–Crippen MR) is 109 cm³/mol. The zero-order valence-electron chi connectivity index (χ0n) is 16.5. The normalized spacial score (nSPS) is 14.9. The van der Waals surface area contributed by atoms with E-state index in [0.29, 0.717) is 24.6 Å². The predicted octanol–water partition coefficient (Wildman–Crippen LogP) is 5.17. The van der Waals surface area contributed by atoms with Crippen LogP contribution in [0, 0.1) is 5.92 Å². The molecular formula is C19H22F3N5O2S. The monoisotopic (exact) mass is 441 g/mol. The van der Waals surface area contributed by atoms with Crippen LogP contribution in [0.2, 0.25) is 0 Å². The van der Waals surface area contributed by atoms with Gasteiger partial charge in [0.2, 0.25) is 0 Å². The summed E-state index contributed by atoms with van der Waals surface area (Å²) in [6.45, 7) is 5.52. The number of hydrogen-bond donors (Lipinski definition) is 1. The first-order valence-electron chi connectivity index (χ1n) is 9.40. The number of aryl methyl sites for hydroxylation is 1. The molecule has 0 radical (unpaired) electrons. The molecule has 3 rings (SSSR count). The van der Waals surface area contributed by atoms with Gasteiger partial charge in [-0.1, -0.05) is 19.9 Å². The van der Waals surface area contributed by atoms with Crippen molar-refractivity contribution in [3.63, 3.8) is 0 Å². The Hall–Kier alpha value is -2.69. The molecule has 162 valence electrons. The highest BCUT2D eigenvalue weighted by Crippen LogP contribution is 2.39. The molecule has 0 aliphatic carbocycles. The van der Waals surface area contributed by atoms with E-state index in [1.165, 1.54) is 12.3 Å². The average molecular weight is 441 g/mol. The lowest BCUT2D eigenvalue weighted by Gasteiger charge is -2.33. The van der Waals surface area contributed by atoms with Crippen molar-refractivity contribution in [1.29, 1.82) is 0 Å². The van der Waals surface area contributed by atoms with Gasteiger partial charge in [0.1, 0.15) is 5.69 Å². The third-order valence-electron chi connectivity index (χ3n) is 4.46. The number of fused-ring (bicyclic) bond motifs is 1. The molecule has 0 unspecified atom stereocenters. The van der Waals surface area contributed by atoms with Crippen molar-refractivity contribution in [2.75, 3.05) is 22.7 Å². The van der Waals surface area contributed by atoms with Gasteiger partial charge in [0.05, 0.1) is 5.69 Å². The molecule has 2 aromatic rings. The van der Waals surface area contributed by atoms with Gasteiger partial charge >= 0.3 is 15.5 Å². The van der Waals surface area contributed by atoms with Crippen LogP contribution in [0.5, 0.6) is 0 Å². The lowest BCUT2D eigenvalue weighted by atomic mass is 9.99. The van der Waals surface area contributed by atoms with Crippen molar-refractivity contribution in [2.24, 2.45) is 16.1 Å².